The van der Waals surface area contributed by atoms with Gasteiger partial charge in [0.15, 0.2) is 0 Å². The molecule has 2 N–H and O–H groups in total. The highest BCUT2D eigenvalue weighted by molar-refractivity contribution is 6.02. The number of rotatable bonds is 3. The molecule has 0 saturated carbocycles. The molecule has 1 fully saturated rings. The highest BCUT2D eigenvalue weighted by Crippen LogP contribution is 2.33. The number of ether oxygens (including phenoxy) is 1. The van der Waals surface area contributed by atoms with E-state index in [1.807, 2.05) is 25.1 Å². The van der Waals surface area contributed by atoms with Crippen LogP contribution in [0, 0.1) is 0 Å². The van der Waals surface area contributed by atoms with E-state index in [-0.39, 0.29) is 18.1 Å². The van der Waals surface area contributed by atoms with Crippen LogP contribution >= 0.6 is 0 Å². The molecule has 2 aliphatic heterocycles. The van der Waals surface area contributed by atoms with Crippen molar-refractivity contribution in [2.45, 2.75) is 19.4 Å². The maximum absolute atomic E-state index is 11.9. The highest BCUT2D eigenvalue weighted by Gasteiger charge is 2.33. The molecule has 6 nitrogen and oxygen atoms in total. The van der Waals surface area contributed by atoms with Gasteiger partial charge in [0.1, 0.15) is 6.10 Å². The maximum atomic E-state index is 11.9. The Morgan fingerprint density at radius 2 is 2.20 bits per heavy atom. The van der Waals surface area contributed by atoms with Gasteiger partial charge in [-0.3, -0.25) is 9.69 Å². The van der Waals surface area contributed by atoms with E-state index in [2.05, 4.69) is 0 Å². The summed E-state index contributed by atoms with van der Waals surface area (Å²) in [6.07, 6.45) is -0.248. The first-order valence-electron chi connectivity index (χ1n) is 6.75. The molecule has 3 rings (SSSR count). The highest BCUT2D eigenvalue weighted by atomic mass is 16.6. The van der Waals surface area contributed by atoms with Crippen LogP contribution in [-0.2, 0) is 16.0 Å². The van der Waals surface area contributed by atoms with Crippen LogP contribution in [0.5, 0.6) is 0 Å². The Balaban J connectivity index is 1.89. The van der Waals surface area contributed by atoms with Crippen molar-refractivity contribution in [3.05, 3.63) is 23.8 Å². The van der Waals surface area contributed by atoms with Gasteiger partial charge >= 0.3 is 6.09 Å². The Kier molecular flexibility index (Phi) is 3.10. The molecule has 2 aliphatic rings. The lowest BCUT2D eigenvalue weighted by molar-refractivity contribution is -0.117. The van der Waals surface area contributed by atoms with Crippen LogP contribution in [0.1, 0.15) is 12.5 Å². The van der Waals surface area contributed by atoms with Crippen molar-refractivity contribution >= 4 is 23.4 Å². The summed E-state index contributed by atoms with van der Waals surface area (Å²) in [6, 6.07) is 5.63. The van der Waals surface area contributed by atoms with E-state index in [0.29, 0.717) is 26.1 Å². The van der Waals surface area contributed by atoms with E-state index >= 15 is 0 Å². The van der Waals surface area contributed by atoms with Crippen molar-refractivity contribution in [2.24, 2.45) is 5.73 Å². The number of anilines is 2. The molecule has 0 unspecified atom stereocenters. The zero-order valence-corrected chi connectivity index (χ0v) is 11.3. The molecule has 0 aliphatic carbocycles. The van der Waals surface area contributed by atoms with Crippen LogP contribution in [0.15, 0.2) is 18.2 Å². The Morgan fingerprint density at radius 3 is 2.85 bits per heavy atom. The third-order valence-electron chi connectivity index (χ3n) is 3.76. The smallest absolute Gasteiger partial charge is 0.414 e. The number of nitrogens with two attached hydrogens (primary N) is 1. The summed E-state index contributed by atoms with van der Waals surface area (Å²) >= 11 is 0. The van der Waals surface area contributed by atoms with Gasteiger partial charge in [-0.1, -0.05) is 0 Å². The second-order valence-electron chi connectivity index (χ2n) is 4.98. The summed E-state index contributed by atoms with van der Waals surface area (Å²) in [5.41, 5.74) is 8.18. The van der Waals surface area contributed by atoms with Gasteiger partial charge in [-0.05, 0) is 30.7 Å². The normalized spacial score (nSPS) is 21.4. The number of cyclic esters (lactones) is 1. The topological polar surface area (TPSA) is 75.9 Å². The zero-order valence-electron chi connectivity index (χ0n) is 11.3. The first-order chi connectivity index (χ1) is 9.63. The summed E-state index contributed by atoms with van der Waals surface area (Å²) in [4.78, 5) is 27.0. The van der Waals surface area contributed by atoms with Crippen molar-refractivity contribution in [3.8, 4) is 0 Å². The molecule has 1 aromatic rings. The number of hydrogen-bond donors (Lipinski definition) is 1. The fraction of sp³-hybridized carbons (Fsp3) is 0.429. The molecular weight excluding hydrogens is 258 g/mol. The quantitative estimate of drug-likeness (QED) is 0.888. The molecule has 2 heterocycles. The van der Waals surface area contributed by atoms with Gasteiger partial charge in [0.2, 0.25) is 5.91 Å². The van der Waals surface area contributed by atoms with Crippen molar-refractivity contribution in [2.75, 3.05) is 29.4 Å². The number of amides is 2. The van der Waals surface area contributed by atoms with Crippen molar-refractivity contribution < 1.29 is 14.3 Å². The van der Waals surface area contributed by atoms with Crippen LogP contribution in [0.2, 0.25) is 0 Å². The van der Waals surface area contributed by atoms with Crippen LogP contribution in [0.25, 0.3) is 0 Å². The minimum atomic E-state index is -0.378. The van der Waals surface area contributed by atoms with E-state index in [1.54, 1.807) is 9.80 Å². The lowest BCUT2D eigenvalue weighted by Crippen LogP contribution is -2.27. The molecule has 0 spiro atoms. The molecule has 1 aromatic carbocycles. The minimum Gasteiger partial charge on any atom is -0.443 e. The lowest BCUT2D eigenvalue weighted by Gasteiger charge is -2.17. The first-order valence-corrected chi connectivity index (χ1v) is 6.75. The summed E-state index contributed by atoms with van der Waals surface area (Å²) in [5, 5.41) is 0. The van der Waals surface area contributed by atoms with Crippen LogP contribution in [0.4, 0.5) is 16.2 Å². The molecule has 106 valence electrons. The fourth-order valence-electron chi connectivity index (χ4n) is 2.74. The summed E-state index contributed by atoms with van der Waals surface area (Å²) in [7, 11) is 0. The number of hydrogen-bond acceptors (Lipinski definition) is 4. The second-order valence-corrected chi connectivity index (χ2v) is 4.98. The third kappa shape index (κ3) is 1.92. The zero-order chi connectivity index (χ0) is 14.3. The van der Waals surface area contributed by atoms with Gasteiger partial charge in [-0.25, -0.2) is 4.79 Å². The Morgan fingerprint density at radius 1 is 1.40 bits per heavy atom. The average molecular weight is 275 g/mol. The minimum absolute atomic E-state index is 0.100. The number of likely N-dealkylation sites (N-methyl/N-ethyl adjacent to an activating group) is 1. The molecule has 1 atom stereocenters. The van der Waals surface area contributed by atoms with E-state index in [0.717, 1.165) is 16.9 Å². The Labute approximate surface area is 117 Å². The van der Waals surface area contributed by atoms with Gasteiger partial charge in [-0.15, -0.1) is 0 Å². The molecule has 1 saturated heterocycles. The molecule has 0 radical (unpaired) electrons. The Bertz CT molecular complexity index is 573. The molecule has 0 aromatic heterocycles. The van der Waals surface area contributed by atoms with Crippen LogP contribution < -0.4 is 15.5 Å². The van der Waals surface area contributed by atoms with Crippen LogP contribution in [0.3, 0.4) is 0 Å². The molecule has 20 heavy (non-hydrogen) atoms. The SMILES string of the molecule is CCN1C(=O)Cc2cc(N3C[C@@H](CN)OC3=O)ccc21. The number of nitrogens with zero attached hydrogens (tertiary/aromatic N) is 2. The van der Waals surface area contributed by atoms with Crippen molar-refractivity contribution in [1.29, 1.82) is 0 Å². The van der Waals surface area contributed by atoms with E-state index in [4.69, 9.17) is 10.5 Å². The number of benzene rings is 1. The number of carbonyl (C=O) groups is 2. The lowest BCUT2D eigenvalue weighted by atomic mass is 10.1. The van der Waals surface area contributed by atoms with Crippen molar-refractivity contribution in [3.63, 3.8) is 0 Å². The average Bonchev–Trinajstić information content (AvgIpc) is 2.96. The standard InChI is InChI=1S/C14H17N3O3/c1-2-16-12-4-3-10(5-9(12)6-13(16)18)17-8-11(7-15)20-14(17)19/h3-5,11H,2,6-8,15H2,1H3/t11-/m1/s1. The maximum Gasteiger partial charge on any atom is 0.414 e. The number of fused-ring (bicyclic) bond motifs is 1. The molecule has 0 bridgehead atoms. The van der Waals surface area contributed by atoms with E-state index in [9.17, 15) is 9.59 Å². The van der Waals surface area contributed by atoms with Gasteiger partial charge in [0.25, 0.3) is 0 Å². The Hall–Kier alpha value is -2.08. The predicted octanol–water partition coefficient (Wildman–Crippen LogP) is 0.880. The second kappa shape index (κ2) is 4.79. The van der Waals surface area contributed by atoms with Crippen molar-refractivity contribution in [1.82, 2.24) is 0 Å². The molecular formula is C14H17N3O3. The van der Waals surface area contributed by atoms with Gasteiger partial charge in [0, 0.05) is 24.5 Å². The summed E-state index contributed by atoms with van der Waals surface area (Å²) in [5.74, 6) is 0.100. The monoisotopic (exact) mass is 275 g/mol. The fourth-order valence-corrected chi connectivity index (χ4v) is 2.74. The van der Waals surface area contributed by atoms with Gasteiger partial charge in [0.05, 0.1) is 13.0 Å². The van der Waals surface area contributed by atoms with Crippen LogP contribution in [-0.4, -0.2) is 37.7 Å². The third-order valence-corrected chi connectivity index (χ3v) is 3.76. The largest absolute Gasteiger partial charge is 0.443 e. The summed E-state index contributed by atoms with van der Waals surface area (Å²) in [6.45, 7) is 3.38. The summed E-state index contributed by atoms with van der Waals surface area (Å²) < 4.78 is 5.14. The first kappa shape index (κ1) is 12.9. The van der Waals surface area contributed by atoms with E-state index < -0.39 is 0 Å². The van der Waals surface area contributed by atoms with Gasteiger partial charge in [-0.2, -0.15) is 0 Å². The molecule has 6 heteroatoms. The van der Waals surface area contributed by atoms with E-state index in [1.165, 1.54) is 0 Å². The predicted molar refractivity (Wildman–Crippen MR) is 74.8 cm³/mol. The van der Waals surface area contributed by atoms with Gasteiger partial charge < -0.3 is 15.4 Å². The molecule has 2 amide bonds. The number of carbonyl (C=O) groups excluding carboxylic acids is 2.